The Morgan fingerprint density at radius 2 is 1.84 bits per heavy atom. The Labute approximate surface area is 154 Å². The van der Waals surface area contributed by atoms with Crippen molar-refractivity contribution in [2.24, 2.45) is 0 Å². The molecule has 1 aromatic carbocycles. The number of carbonyl (C=O) groups is 1. The molecule has 1 fully saturated rings. The molecule has 3 rings (SSSR count). The Morgan fingerprint density at radius 1 is 1.16 bits per heavy atom. The van der Waals surface area contributed by atoms with Crippen LogP contribution in [0.5, 0.6) is 0 Å². The third kappa shape index (κ3) is 4.66. The van der Waals surface area contributed by atoms with E-state index in [-0.39, 0.29) is 5.91 Å². The third-order valence-electron chi connectivity index (χ3n) is 4.79. The summed E-state index contributed by atoms with van der Waals surface area (Å²) in [5.41, 5.74) is 3.13. The van der Waals surface area contributed by atoms with Gasteiger partial charge in [-0.05, 0) is 38.8 Å². The van der Waals surface area contributed by atoms with E-state index >= 15 is 0 Å². The first-order valence-electron chi connectivity index (χ1n) is 9.19. The highest BCUT2D eigenvalue weighted by Crippen LogP contribution is 2.28. The van der Waals surface area contributed by atoms with Gasteiger partial charge in [-0.3, -0.25) is 4.79 Å². The van der Waals surface area contributed by atoms with Crippen LogP contribution in [0.2, 0.25) is 0 Å². The van der Waals surface area contributed by atoms with E-state index in [2.05, 4.69) is 17.3 Å². The first kappa shape index (κ1) is 18.1. The number of nitrogens with one attached hydrogen (secondary N) is 1. The highest BCUT2D eigenvalue weighted by atomic mass is 32.2. The summed E-state index contributed by atoms with van der Waals surface area (Å²) in [5.74, 6) is 0.599. The molecule has 1 amide bonds. The Kier molecular flexibility index (Phi) is 6.19. The molecule has 1 N–H and O–H groups in total. The van der Waals surface area contributed by atoms with Crippen molar-refractivity contribution in [1.29, 1.82) is 0 Å². The molecule has 2 aromatic rings. The van der Waals surface area contributed by atoms with E-state index in [1.165, 1.54) is 25.7 Å². The average Bonchev–Trinajstić information content (AvgIpc) is 2.79. The monoisotopic (exact) mass is 357 g/mol. The lowest BCUT2D eigenvalue weighted by atomic mass is 10.1. The number of benzene rings is 1. The van der Waals surface area contributed by atoms with Crippen molar-refractivity contribution in [3.05, 3.63) is 41.7 Å². The summed E-state index contributed by atoms with van der Waals surface area (Å²) in [5, 5.41) is 7.87. The number of aromatic nitrogens is 2. The molecule has 0 atom stereocenters. The van der Waals surface area contributed by atoms with Crippen molar-refractivity contribution >= 4 is 17.7 Å². The first-order valence-corrected chi connectivity index (χ1v) is 10.2. The van der Waals surface area contributed by atoms with Crippen LogP contribution in [0.4, 0.5) is 0 Å². The highest BCUT2D eigenvalue weighted by molar-refractivity contribution is 8.00. The summed E-state index contributed by atoms with van der Waals surface area (Å²) in [6.07, 6.45) is 7.33. The van der Waals surface area contributed by atoms with Gasteiger partial charge >= 0.3 is 0 Å². The fraction of sp³-hybridized carbons (Fsp3) is 0.500. The van der Waals surface area contributed by atoms with E-state index in [4.69, 9.17) is 0 Å². The summed E-state index contributed by atoms with van der Waals surface area (Å²) in [7, 11) is 0. The normalized spacial score (nSPS) is 15.8. The molecule has 25 heavy (non-hydrogen) atoms. The maximum atomic E-state index is 12.3. The van der Waals surface area contributed by atoms with E-state index in [0.717, 1.165) is 34.8 Å². The largest absolute Gasteiger partial charge is 0.353 e. The standard InChI is InChI=1S/C20H27N3OS/c1-15-20(16(2)23(22-15)18-12-8-5-9-13-18)25-14-19(24)21-17-10-6-3-4-7-11-17/h5,8-9,12-13,17H,3-4,6-7,10-11,14H2,1-2H3,(H,21,24). The van der Waals surface area contributed by atoms with Gasteiger partial charge in [0.25, 0.3) is 0 Å². The maximum Gasteiger partial charge on any atom is 0.230 e. The van der Waals surface area contributed by atoms with Crippen LogP contribution in [-0.2, 0) is 4.79 Å². The number of carbonyl (C=O) groups excluding carboxylic acids is 1. The third-order valence-corrected chi connectivity index (χ3v) is 6.08. The Bertz CT molecular complexity index is 703. The van der Waals surface area contributed by atoms with Gasteiger partial charge < -0.3 is 5.32 Å². The van der Waals surface area contributed by atoms with E-state index in [1.54, 1.807) is 11.8 Å². The number of para-hydroxylation sites is 1. The Hall–Kier alpha value is -1.75. The molecule has 1 aromatic heterocycles. The molecule has 1 saturated carbocycles. The van der Waals surface area contributed by atoms with Crippen LogP contribution >= 0.6 is 11.8 Å². The predicted molar refractivity (Wildman–Crippen MR) is 103 cm³/mol. The molecule has 134 valence electrons. The SMILES string of the molecule is Cc1nn(-c2ccccc2)c(C)c1SCC(=O)NC1CCCCCC1. The number of amides is 1. The fourth-order valence-corrected chi connectivity index (χ4v) is 4.39. The Morgan fingerprint density at radius 3 is 2.52 bits per heavy atom. The van der Waals surface area contributed by atoms with E-state index in [1.807, 2.05) is 41.9 Å². The number of thioether (sulfide) groups is 1. The molecule has 0 spiro atoms. The topological polar surface area (TPSA) is 46.9 Å². The zero-order valence-corrected chi connectivity index (χ0v) is 15.9. The first-order chi connectivity index (χ1) is 12.1. The number of hydrogen-bond acceptors (Lipinski definition) is 3. The van der Waals surface area contributed by atoms with Gasteiger partial charge in [0.05, 0.1) is 27.7 Å². The molecule has 0 radical (unpaired) electrons. The average molecular weight is 358 g/mol. The van der Waals surface area contributed by atoms with E-state index in [0.29, 0.717) is 11.8 Å². The van der Waals surface area contributed by atoms with E-state index in [9.17, 15) is 4.79 Å². The van der Waals surface area contributed by atoms with Gasteiger partial charge in [-0.1, -0.05) is 43.9 Å². The minimum atomic E-state index is 0.142. The van der Waals surface area contributed by atoms with Gasteiger partial charge in [0.1, 0.15) is 0 Å². The zero-order valence-electron chi connectivity index (χ0n) is 15.1. The Balaban J connectivity index is 1.61. The summed E-state index contributed by atoms with van der Waals surface area (Å²) in [6, 6.07) is 10.5. The lowest BCUT2D eigenvalue weighted by Gasteiger charge is -2.16. The fourth-order valence-electron chi connectivity index (χ4n) is 3.49. The molecular weight excluding hydrogens is 330 g/mol. The quantitative estimate of drug-likeness (QED) is 0.636. The molecular formula is C20H27N3OS. The van der Waals surface area contributed by atoms with Crippen molar-refractivity contribution in [2.45, 2.75) is 63.3 Å². The number of nitrogens with zero attached hydrogens (tertiary/aromatic N) is 2. The number of aryl methyl sites for hydroxylation is 1. The summed E-state index contributed by atoms with van der Waals surface area (Å²) in [6.45, 7) is 4.08. The van der Waals surface area contributed by atoms with Gasteiger partial charge in [0.15, 0.2) is 0 Å². The van der Waals surface area contributed by atoms with Crippen molar-refractivity contribution in [3.63, 3.8) is 0 Å². The minimum absolute atomic E-state index is 0.142. The van der Waals surface area contributed by atoms with Crippen molar-refractivity contribution < 1.29 is 4.79 Å². The van der Waals surface area contributed by atoms with Gasteiger partial charge in [0.2, 0.25) is 5.91 Å². The molecule has 0 unspecified atom stereocenters. The van der Waals surface area contributed by atoms with Crippen LogP contribution in [0.25, 0.3) is 5.69 Å². The maximum absolute atomic E-state index is 12.3. The molecule has 1 aliphatic carbocycles. The number of hydrogen-bond donors (Lipinski definition) is 1. The van der Waals surface area contributed by atoms with Crippen LogP contribution in [0.3, 0.4) is 0 Å². The smallest absolute Gasteiger partial charge is 0.230 e. The number of rotatable bonds is 5. The summed E-state index contributed by atoms with van der Waals surface area (Å²) in [4.78, 5) is 13.4. The van der Waals surface area contributed by atoms with Crippen LogP contribution in [0.15, 0.2) is 35.2 Å². The lowest BCUT2D eigenvalue weighted by Crippen LogP contribution is -2.35. The lowest BCUT2D eigenvalue weighted by molar-refractivity contribution is -0.119. The van der Waals surface area contributed by atoms with Crippen LogP contribution in [-0.4, -0.2) is 27.5 Å². The van der Waals surface area contributed by atoms with Crippen LogP contribution in [0.1, 0.15) is 49.9 Å². The summed E-state index contributed by atoms with van der Waals surface area (Å²) < 4.78 is 1.96. The second-order valence-electron chi connectivity index (χ2n) is 6.79. The van der Waals surface area contributed by atoms with E-state index < -0.39 is 0 Å². The second kappa shape index (κ2) is 8.56. The van der Waals surface area contributed by atoms with Gasteiger partial charge in [-0.2, -0.15) is 5.10 Å². The zero-order chi connectivity index (χ0) is 17.6. The van der Waals surface area contributed by atoms with Crippen molar-refractivity contribution in [3.8, 4) is 5.69 Å². The summed E-state index contributed by atoms with van der Waals surface area (Å²) >= 11 is 1.60. The molecule has 1 aliphatic rings. The van der Waals surface area contributed by atoms with Crippen LogP contribution < -0.4 is 5.32 Å². The van der Waals surface area contributed by atoms with Gasteiger partial charge in [-0.25, -0.2) is 4.68 Å². The van der Waals surface area contributed by atoms with Crippen molar-refractivity contribution in [2.75, 3.05) is 5.75 Å². The predicted octanol–water partition coefficient (Wildman–Crippen LogP) is 4.42. The molecule has 4 nitrogen and oxygen atoms in total. The minimum Gasteiger partial charge on any atom is -0.353 e. The molecule has 0 saturated heterocycles. The molecule has 0 bridgehead atoms. The second-order valence-corrected chi connectivity index (χ2v) is 7.78. The van der Waals surface area contributed by atoms with Gasteiger partial charge in [-0.15, -0.1) is 11.8 Å². The molecule has 1 heterocycles. The molecule has 0 aliphatic heterocycles. The molecule has 5 heteroatoms. The van der Waals surface area contributed by atoms with Gasteiger partial charge in [0, 0.05) is 6.04 Å². The van der Waals surface area contributed by atoms with Crippen molar-refractivity contribution in [1.82, 2.24) is 15.1 Å². The van der Waals surface area contributed by atoms with Crippen LogP contribution in [0, 0.1) is 13.8 Å². The highest BCUT2D eigenvalue weighted by Gasteiger charge is 2.17.